The molecule has 0 saturated carbocycles. The molecule has 0 saturated heterocycles. The molecule has 0 aliphatic heterocycles. The van der Waals surface area contributed by atoms with E-state index < -0.39 is 0 Å². The summed E-state index contributed by atoms with van der Waals surface area (Å²) < 4.78 is 12.2. The number of anilines is 1. The molecule has 0 fully saturated rings. The van der Waals surface area contributed by atoms with Gasteiger partial charge < -0.3 is 9.47 Å². The van der Waals surface area contributed by atoms with E-state index >= 15 is 0 Å². The van der Waals surface area contributed by atoms with Crippen molar-refractivity contribution in [1.82, 2.24) is 0 Å². The molecule has 0 aliphatic rings. The SMILES string of the molecule is CCOC(=O)CN(C)c1scc(-c2ccc(OC)cc2)[n+]1C. The number of hydrogen-bond donors (Lipinski definition) is 0. The molecule has 0 bridgehead atoms. The maximum atomic E-state index is 11.6. The molecule has 2 rings (SSSR count). The van der Waals surface area contributed by atoms with Crippen LogP contribution in [-0.4, -0.2) is 33.3 Å². The van der Waals surface area contributed by atoms with Gasteiger partial charge in [-0.15, -0.1) is 0 Å². The molecule has 0 N–H and O–H groups in total. The Kier molecular flexibility index (Phi) is 5.38. The van der Waals surface area contributed by atoms with Gasteiger partial charge in [0.2, 0.25) is 0 Å². The highest BCUT2D eigenvalue weighted by atomic mass is 32.1. The van der Waals surface area contributed by atoms with E-state index in [4.69, 9.17) is 9.47 Å². The third-order valence-electron chi connectivity index (χ3n) is 3.31. The number of methoxy groups -OCH3 is 1. The summed E-state index contributed by atoms with van der Waals surface area (Å²) in [6.45, 7) is 2.45. The topological polar surface area (TPSA) is 42.6 Å². The first-order valence-corrected chi connectivity index (χ1v) is 7.93. The van der Waals surface area contributed by atoms with Crippen LogP contribution in [-0.2, 0) is 16.6 Å². The largest absolute Gasteiger partial charge is 0.497 e. The van der Waals surface area contributed by atoms with Crippen LogP contribution in [0, 0.1) is 0 Å². The predicted octanol–water partition coefficient (Wildman–Crippen LogP) is 2.25. The number of carbonyl (C=O) groups excluding carboxylic acids is 1. The summed E-state index contributed by atoms with van der Waals surface area (Å²) >= 11 is 1.60. The number of thiazole rings is 1. The molecule has 0 atom stereocenters. The highest BCUT2D eigenvalue weighted by molar-refractivity contribution is 7.13. The number of benzene rings is 1. The highest BCUT2D eigenvalue weighted by Gasteiger charge is 2.22. The van der Waals surface area contributed by atoms with Crippen molar-refractivity contribution in [1.29, 1.82) is 0 Å². The van der Waals surface area contributed by atoms with Crippen LogP contribution in [0.3, 0.4) is 0 Å². The van der Waals surface area contributed by atoms with Gasteiger partial charge in [0, 0.05) is 10.9 Å². The summed E-state index contributed by atoms with van der Waals surface area (Å²) in [4.78, 5) is 13.5. The van der Waals surface area contributed by atoms with Gasteiger partial charge in [-0.05, 0) is 31.2 Å². The van der Waals surface area contributed by atoms with Crippen molar-refractivity contribution in [2.45, 2.75) is 6.92 Å². The fraction of sp³-hybridized carbons (Fsp3) is 0.375. The average molecular weight is 321 g/mol. The van der Waals surface area contributed by atoms with E-state index in [1.165, 1.54) is 0 Å². The molecule has 5 nitrogen and oxygen atoms in total. The Hall–Kier alpha value is -2.08. The Morgan fingerprint density at radius 2 is 2.00 bits per heavy atom. The maximum absolute atomic E-state index is 11.6. The molecule has 22 heavy (non-hydrogen) atoms. The van der Waals surface area contributed by atoms with Crippen LogP contribution in [0.2, 0.25) is 0 Å². The second-order valence-electron chi connectivity index (χ2n) is 4.85. The van der Waals surface area contributed by atoms with E-state index in [0.29, 0.717) is 6.61 Å². The minimum Gasteiger partial charge on any atom is -0.497 e. The number of rotatable bonds is 6. The second-order valence-corrected chi connectivity index (χ2v) is 5.69. The minimum absolute atomic E-state index is 0.218. The molecule has 0 radical (unpaired) electrons. The van der Waals surface area contributed by atoms with Gasteiger partial charge in [0.25, 0.3) is 0 Å². The molecule has 0 amide bonds. The first-order valence-electron chi connectivity index (χ1n) is 7.05. The Labute approximate surface area is 134 Å². The lowest BCUT2D eigenvalue weighted by molar-refractivity contribution is -0.643. The lowest BCUT2D eigenvalue weighted by Gasteiger charge is -2.10. The number of nitrogens with zero attached hydrogens (tertiary/aromatic N) is 2. The van der Waals surface area contributed by atoms with E-state index in [9.17, 15) is 4.79 Å². The first kappa shape index (κ1) is 16.3. The lowest BCUT2D eigenvalue weighted by atomic mass is 10.1. The van der Waals surface area contributed by atoms with Crippen LogP contribution < -0.4 is 14.2 Å². The number of ether oxygens (including phenoxy) is 2. The van der Waals surface area contributed by atoms with E-state index in [-0.39, 0.29) is 12.5 Å². The lowest BCUT2D eigenvalue weighted by Crippen LogP contribution is -2.38. The van der Waals surface area contributed by atoms with Crippen molar-refractivity contribution in [3.8, 4) is 17.0 Å². The van der Waals surface area contributed by atoms with Gasteiger partial charge in [-0.3, -0.25) is 0 Å². The van der Waals surface area contributed by atoms with Gasteiger partial charge >= 0.3 is 11.1 Å². The zero-order chi connectivity index (χ0) is 16.1. The zero-order valence-electron chi connectivity index (χ0n) is 13.3. The van der Waals surface area contributed by atoms with Crippen molar-refractivity contribution in [2.24, 2.45) is 7.05 Å². The Morgan fingerprint density at radius 3 is 2.59 bits per heavy atom. The smallest absolute Gasteiger partial charge is 0.348 e. The predicted molar refractivity (Wildman–Crippen MR) is 87.4 cm³/mol. The Balaban J connectivity index is 2.19. The minimum atomic E-state index is -0.218. The molecule has 2 aromatic rings. The number of aromatic nitrogens is 1. The van der Waals surface area contributed by atoms with Crippen molar-refractivity contribution in [3.63, 3.8) is 0 Å². The van der Waals surface area contributed by atoms with Crippen molar-refractivity contribution < 1.29 is 18.8 Å². The van der Waals surface area contributed by atoms with Crippen LogP contribution in [0.1, 0.15) is 6.92 Å². The summed E-state index contributed by atoms with van der Waals surface area (Å²) in [5.41, 5.74) is 2.20. The molecular formula is C16H21N2O3S+. The second kappa shape index (κ2) is 7.26. The summed E-state index contributed by atoms with van der Waals surface area (Å²) in [7, 11) is 5.54. The molecular weight excluding hydrogens is 300 g/mol. The quantitative estimate of drug-likeness (QED) is 0.604. The summed E-state index contributed by atoms with van der Waals surface area (Å²) in [6, 6.07) is 7.93. The van der Waals surface area contributed by atoms with E-state index in [1.54, 1.807) is 18.4 Å². The molecule has 0 aliphatic carbocycles. The molecule has 6 heteroatoms. The van der Waals surface area contributed by atoms with Crippen LogP contribution in [0.4, 0.5) is 5.13 Å². The molecule has 1 heterocycles. The molecule has 1 aromatic carbocycles. The van der Waals surface area contributed by atoms with Crippen LogP contribution in [0.25, 0.3) is 11.3 Å². The average Bonchev–Trinajstić information content (AvgIpc) is 2.89. The van der Waals surface area contributed by atoms with E-state index in [2.05, 4.69) is 9.95 Å². The molecule has 1 aromatic heterocycles. The number of carbonyl (C=O) groups is 1. The van der Waals surface area contributed by atoms with Crippen LogP contribution >= 0.6 is 11.3 Å². The maximum Gasteiger partial charge on any atom is 0.348 e. The van der Waals surface area contributed by atoms with Gasteiger partial charge in [-0.25, -0.2) is 14.3 Å². The highest BCUT2D eigenvalue weighted by Crippen LogP contribution is 2.25. The van der Waals surface area contributed by atoms with Crippen molar-refractivity contribution in [3.05, 3.63) is 29.6 Å². The first-order chi connectivity index (χ1) is 10.6. The van der Waals surface area contributed by atoms with Gasteiger partial charge in [-0.1, -0.05) is 11.3 Å². The number of likely N-dealkylation sites (N-methyl/N-ethyl adjacent to an activating group) is 1. The van der Waals surface area contributed by atoms with Crippen LogP contribution in [0.15, 0.2) is 29.6 Å². The fourth-order valence-electron chi connectivity index (χ4n) is 2.21. The fourth-order valence-corrected chi connectivity index (χ4v) is 3.22. The summed E-state index contributed by atoms with van der Waals surface area (Å²) in [6.07, 6.45) is 0. The Bertz CT molecular complexity index is 637. The van der Waals surface area contributed by atoms with Gasteiger partial charge in [0.05, 0.1) is 27.8 Å². The third-order valence-corrected chi connectivity index (χ3v) is 4.45. The number of esters is 1. The van der Waals surface area contributed by atoms with Gasteiger partial charge in [0.15, 0.2) is 6.54 Å². The standard InChI is InChI=1S/C16H21N2O3S/c1-5-21-15(19)10-17(2)16-18(3)14(11-22-16)12-6-8-13(20-4)9-7-12/h6-9,11H,5,10H2,1-4H3/q+1. The van der Waals surface area contributed by atoms with Crippen molar-refractivity contribution in [2.75, 3.05) is 32.2 Å². The van der Waals surface area contributed by atoms with Crippen LogP contribution in [0.5, 0.6) is 5.75 Å². The van der Waals surface area contributed by atoms with Gasteiger partial charge in [-0.2, -0.15) is 0 Å². The van der Waals surface area contributed by atoms with Crippen molar-refractivity contribution >= 4 is 22.4 Å². The molecule has 118 valence electrons. The van der Waals surface area contributed by atoms with E-state index in [0.717, 1.165) is 22.1 Å². The Morgan fingerprint density at radius 1 is 1.32 bits per heavy atom. The monoisotopic (exact) mass is 321 g/mol. The summed E-state index contributed by atoms with van der Waals surface area (Å²) in [5.74, 6) is 0.616. The summed E-state index contributed by atoms with van der Waals surface area (Å²) in [5, 5.41) is 3.08. The third kappa shape index (κ3) is 3.57. The molecule has 0 spiro atoms. The van der Waals surface area contributed by atoms with E-state index in [1.807, 2.05) is 50.2 Å². The molecule has 0 unspecified atom stereocenters. The zero-order valence-corrected chi connectivity index (χ0v) is 14.1. The normalized spacial score (nSPS) is 10.4. The number of hydrogen-bond acceptors (Lipinski definition) is 5. The van der Waals surface area contributed by atoms with Gasteiger partial charge in [0.1, 0.15) is 11.4 Å².